The molecule has 0 heterocycles. The van der Waals surface area contributed by atoms with Gasteiger partial charge in [0.15, 0.2) is 0 Å². The lowest BCUT2D eigenvalue weighted by Crippen LogP contribution is -2.07. The molecule has 1 aliphatic carbocycles. The summed E-state index contributed by atoms with van der Waals surface area (Å²) < 4.78 is 11.3. The van der Waals surface area contributed by atoms with Crippen LogP contribution >= 0.6 is 11.6 Å². The maximum absolute atomic E-state index is 11.7. The van der Waals surface area contributed by atoms with Gasteiger partial charge in [0.2, 0.25) is 0 Å². The van der Waals surface area contributed by atoms with Crippen LogP contribution in [0.2, 0.25) is 0 Å². The van der Waals surface area contributed by atoms with E-state index in [1.54, 1.807) is 0 Å². The summed E-state index contributed by atoms with van der Waals surface area (Å²) >= 11 is 6.03. The number of hydrogen-bond donors (Lipinski definition) is 0. The Bertz CT molecular complexity index is 306. The van der Waals surface area contributed by atoms with Crippen LogP contribution in [0.4, 0.5) is 0 Å². The first-order valence-corrected chi connectivity index (χ1v) is 5.41. The predicted octanol–water partition coefficient (Wildman–Crippen LogP) is 2.52. The molecule has 0 radical (unpaired) electrons. The monoisotopic (exact) mass is 200 g/mol. The fraction of sp³-hybridized carbons (Fsp3) is 0.333. The average molecular weight is 201 g/mol. The van der Waals surface area contributed by atoms with Gasteiger partial charge < -0.3 is 0 Å². The van der Waals surface area contributed by atoms with Gasteiger partial charge in [-0.25, -0.2) is 0 Å². The average Bonchev–Trinajstić information content (AvgIpc) is 2.85. The molecular formula is C9H9ClOS. The minimum absolute atomic E-state index is 0.443. The molecule has 1 atom stereocenters. The minimum atomic E-state index is -1.02. The lowest BCUT2D eigenvalue weighted by atomic mass is 10.4. The number of halogens is 1. The summed E-state index contributed by atoms with van der Waals surface area (Å²) in [5, 5.41) is 0. The van der Waals surface area contributed by atoms with Crippen molar-refractivity contribution in [2.75, 3.05) is 0 Å². The van der Waals surface area contributed by atoms with Crippen LogP contribution < -0.4 is 0 Å². The van der Waals surface area contributed by atoms with Gasteiger partial charge in [-0.2, -0.15) is 0 Å². The molecule has 0 amide bonds. The Morgan fingerprint density at radius 1 is 1.25 bits per heavy atom. The van der Waals surface area contributed by atoms with E-state index in [-0.39, 0.29) is 0 Å². The lowest BCUT2D eigenvalue weighted by molar-refractivity contribution is 0.680. The van der Waals surface area contributed by atoms with Gasteiger partial charge in [-0.1, -0.05) is 18.2 Å². The van der Waals surface area contributed by atoms with Crippen molar-refractivity contribution in [3.8, 4) is 0 Å². The Morgan fingerprint density at radius 3 is 2.33 bits per heavy atom. The van der Waals surface area contributed by atoms with Crippen LogP contribution in [0.15, 0.2) is 35.2 Å². The highest BCUT2D eigenvalue weighted by Crippen LogP contribution is 2.47. The van der Waals surface area contributed by atoms with E-state index in [4.69, 9.17) is 11.6 Å². The van der Waals surface area contributed by atoms with Gasteiger partial charge in [0.1, 0.15) is 4.21 Å². The van der Waals surface area contributed by atoms with Crippen molar-refractivity contribution in [3.05, 3.63) is 30.3 Å². The fourth-order valence-electron chi connectivity index (χ4n) is 1.04. The van der Waals surface area contributed by atoms with Crippen LogP contribution in [-0.4, -0.2) is 8.42 Å². The molecule has 2 rings (SSSR count). The molecule has 0 unspecified atom stereocenters. The lowest BCUT2D eigenvalue weighted by Gasteiger charge is -2.05. The highest BCUT2D eigenvalue weighted by Gasteiger charge is 2.47. The summed E-state index contributed by atoms with van der Waals surface area (Å²) in [6, 6.07) is 9.40. The van der Waals surface area contributed by atoms with Crippen molar-refractivity contribution in [1.82, 2.24) is 0 Å². The zero-order chi connectivity index (χ0) is 8.60. The van der Waals surface area contributed by atoms with Gasteiger partial charge in [-0.15, -0.1) is 11.6 Å². The van der Waals surface area contributed by atoms with Crippen LogP contribution in [0.5, 0.6) is 0 Å². The molecule has 0 aromatic heterocycles. The molecule has 1 aromatic rings. The zero-order valence-electron chi connectivity index (χ0n) is 6.50. The van der Waals surface area contributed by atoms with E-state index in [2.05, 4.69) is 0 Å². The standard InChI is InChI=1S/C9H9ClOS/c10-9(6-7-9)12(11)8-4-2-1-3-5-8/h1-5H,6-7H2/t12-/m0/s1. The van der Waals surface area contributed by atoms with E-state index in [1.807, 2.05) is 30.3 Å². The molecule has 0 aliphatic heterocycles. The first-order valence-electron chi connectivity index (χ1n) is 3.88. The van der Waals surface area contributed by atoms with Crippen molar-refractivity contribution < 1.29 is 4.21 Å². The van der Waals surface area contributed by atoms with Crippen molar-refractivity contribution in [2.24, 2.45) is 0 Å². The van der Waals surface area contributed by atoms with E-state index >= 15 is 0 Å². The van der Waals surface area contributed by atoms with Gasteiger partial charge in [0.05, 0.1) is 10.8 Å². The molecule has 1 saturated carbocycles. The van der Waals surface area contributed by atoms with Crippen molar-refractivity contribution in [1.29, 1.82) is 0 Å². The van der Waals surface area contributed by atoms with E-state index in [0.717, 1.165) is 17.7 Å². The largest absolute Gasteiger partial charge is 0.253 e. The number of hydrogen-bond acceptors (Lipinski definition) is 1. The fourth-order valence-corrected chi connectivity index (χ4v) is 2.70. The first kappa shape index (κ1) is 8.27. The predicted molar refractivity (Wildman–Crippen MR) is 50.7 cm³/mol. The maximum Gasteiger partial charge on any atom is 0.124 e. The van der Waals surface area contributed by atoms with E-state index < -0.39 is 15.0 Å². The van der Waals surface area contributed by atoms with E-state index in [1.165, 1.54) is 0 Å². The Balaban J connectivity index is 2.26. The van der Waals surface area contributed by atoms with Crippen LogP contribution in [0.3, 0.4) is 0 Å². The van der Waals surface area contributed by atoms with E-state index in [0.29, 0.717) is 0 Å². The summed E-state index contributed by atoms with van der Waals surface area (Å²) in [4.78, 5) is 0.838. The number of rotatable bonds is 2. The summed E-state index contributed by atoms with van der Waals surface area (Å²) in [7, 11) is -1.02. The topological polar surface area (TPSA) is 17.1 Å². The Labute approximate surface area is 79.2 Å². The molecule has 0 bridgehead atoms. The second-order valence-electron chi connectivity index (χ2n) is 2.96. The second kappa shape index (κ2) is 2.86. The smallest absolute Gasteiger partial charge is 0.124 e. The van der Waals surface area contributed by atoms with Gasteiger partial charge >= 0.3 is 0 Å². The van der Waals surface area contributed by atoms with E-state index in [9.17, 15) is 4.21 Å². The Hall–Kier alpha value is -0.340. The highest BCUT2D eigenvalue weighted by atomic mass is 35.5. The third kappa shape index (κ3) is 1.41. The number of benzene rings is 1. The molecule has 64 valence electrons. The minimum Gasteiger partial charge on any atom is -0.253 e. The van der Waals surface area contributed by atoms with Crippen LogP contribution in [0.1, 0.15) is 12.8 Å². The molecule has 0 spiro atoms. The second-order valence-corrected chi connectivity index (χ2v) is 5.70. The Morgan fingerprint density at radius 2 is 1.83 bits per heavy atom. The molecule has 1 aliphatic rings. The van der Waals surface area contributed by atoms with Crippen LogP contribution in [0, 0.1) is 0 Å². The normalized spacial score (nSPS) is 21.8. The zero-order valence-corrected chi connectivity index (χ0v) is 8.07. The van der Waals surface area contributed by atoms with Crippen LogP contribution in [-0.2, 0) is 10.8 Å². The molecule has 3 heteroatoms. The molecule has 1 fully saturated rings. The summed E-state index contributed by atoms with van der Waals surface area (Å²) in [5.41, 5.74) is 0. The molecule has 1 aromatic carbocycles. The quantitative estimate of drug-likeness (QED) is 0.671. The molecular weight excluding hydrogens is 192 g/mol. The summed E-state index contributed by atoms with van der Waals surface area (Å²) in [6.45, 7) is 0. The number of alkyl halides is 1. The third-order valence-electron chi connectivity index (χ3n) is 1.93. The van der Waals surface area contributed by atoms with Crippen LogP contribution in [0.25, 0.3) is 0 Å². The Kier molecular flexibility index (Phi) is 1.97. The van der Waals surface area contributed by atoms with Gasteiger partial charge in [0, 0.05) is 4.90 Å². The van der Waals surface area contributed by atoms with Crippen molar-refractivity contribution >= 4 is 22.4 Å². The highest BCUT2D eigenvalue weighted by molar-refractivity contribution is 7.88. The van der Waals surface area contributed by atoms with Crippen molar-refractivity contribution in [2.45, 2.75) is 21.9 Å². The molecule has 0 saturated heterocycles. The summed E-state index contributed by atoms with van der Waals surface area (Å²) in [6.07, 6.45) is 1.74. The first-order chi connectivity index (χ1) is 5.72. The van der Waals surface area contributed by atoms with Crippen molar-refractivity contribution in [3.63, 3.8) is 0 Å². The van der Waals surface area contributed by atoms with Gasteiger partial charge in [-0.3, -0.25) is 4.21 Å². The molecule has 1 nitrogen and oxygen atoms in total. The maximum atomic E-state index is 11.7. The van der Waals surface area contributed by atoms with Gasteiger partial charge in [-0.05, 0) is 25.0 Å². The third-order valence-corrected chi connectivity index (χ3v) is 4.50. The molecule has 0 N–H and O–H groups in total. The summed E-state index contributed by atoms with van der Waals surface area (Å²) in [5.74, 6) is 0. The SMILES string of the molecule is O=[S@@](c1ccccc1)C1(Cl)CC1. The van der Waals surface area contributed by atoms with Gasteiger partial charge in [0.25, 0.3) is 0 Å². The molecule has 12 heavy (non-hydrogen) atoms.